The molecule has 2 atom stereocenters. The van der Waals surface area contributed by atoms with Crippen molar-refractivity contribution in [1.29, 1.82) is 0 Å². The fraction of sp³-hybridized carbons (Fsp3) is 0.769. The first-order valence-corrected chi connectivity index (χ1v) is 10.1. The van der Waals surface area contributed by atoms with Crippen LogP contribution in [0.1, 0.15) is 32.1 Å². The molecule has 1 aliphatic heterocycles. The molecule has 1 saturated heterocycles. The smallest absolute Gasteiger partial charge is 0.343 e. The summed E-state index contributed by atoms with van der Waals surface area (Å²) in [6, 6.07) is 0. The summed E-state index contributed by atoms with van der Waals surface area (Å²) in [4.78, 5) is 11.1. The number of esters is 1. The lowest BCUT2D eigenvalue weighted by Gasteiger charge is -2.12. The van der Waals surface area contributed by atoms with Gasteiger partial charge in [-0.15, -0.1) is 0 Å². The van der Waals surface area contributed by atoms with Gasteiger partial charge in [0.15, 0.2) is 6.29 Å². The second kappa shape index (κ2) is 11.2. The van der Waals surface area contributed by atoms with Crippen LogP contribution in [0.4, 0.5) is 0 Å². The fourth-order valence-electron chi connectivity index (χ4n) is 1.74. The van der Waals surface area contributed by atoms with Crippen LogP contribution in [0.15, 0.2) is 10.2 Å². The summed E-state index contributed by atoms with van der Waals surface area (Å²) in [6.07, 6.45) is 4.50. The van der Waals surface area contributed by atoms with E-state index in [0.29, 0.717) is 10.0 Å². The molecule has 0 saturated carbocycles. The van der Waals surface area contributed by atoms with E-state index in [1.54, 1.807) is 0 Å². The number of carbonyl (C=O) groups is 1. The average molecular weight is 432 g/mol. The third-order valence-electron chi connectivity index (χ3n) is 2.80. The summed E-state index contributed by atoms with van der Waals surface area (Å²) in [7, 11) is 3.95. The van der Waals surface area contributed by atoms with Crippen LogP contribution in [0, 0.1) is 0 Å². The molecular formula is C13H21IO4S2. The van der Waals surface area contributed by atoms with E-state index >= 15 is 0 Å². The molecular weight excluding hydrogens is 411 g/mol. The maximum Gasteiger partial charge on any atom is 0.343 e. The highest BCUT2D eigenvalue weighted by molar-refractivity contribution is 14.1. The Labute approximate surface area is 142 Å². The zero-order chi connectivity index (χ0) is 14.8. The predicted molar refractivity (Wildman–Crippen MR) is 93.0 cm³/mol. The Morgan fingerprint density at radius 1 is 1.45 bits per heavy atom. The molecule has 2 unspecified atom stereocenters. The Kier molecular flexibility index (Phi) is 10.4. The lowest BCUT2D eigenvalue weighted by atomic mass is 10.1. The fourth-order valence-corrected chi connectivity index (χ4v) is 4.92. The van der Waals surface area contributed by atoms with E-state index in [4.69, 9.17) is 9.47 Å². The summed E-state index contributed by atoms with van der Waals surface area (Å²) >= 11 is 1.81. The monoisotopic (exact) mass is 432 g/mol. The van der Waals surface area contributed by atoms with Gasteiger partial charge >= 0.3 is 5.97 Å². The summed E-state index contributed by atoms with van der Waals surface area (Å²) in [5.74, 6) is 0.833. The van der Waals surface area contributed by atoms with Gasteiger partial charge in [-0.1, -0.05) is 34.6 Å². The Balaban J connectivity index is 1.90. The van der Waals surface area contributed by atoms with Crippen molar-refractivity contribution in [1.82, 2.24) is 0 Å². The Morgan fingerprint density at radius 3 is 2.90 bits per heavy atom. The van der Waals surface area contributed by atoms with Crippen LogP contribution in [0.2, 0.25) is 0 Å². The van der Waals surface area contributed by atoms with Crippen molar-refractivity contribution < 1.29 is 19.4 Å². The first kappa shape index (κ1) is 18.6. The van der Waals surface area contributed by atoms with Crippen LogP contribution in [0.25, 0.3) is 0 Å². The van der Waals surface area contributed by atoms with Gasteiger partial charge < -0.3 is 14.6 Å². The van der Waals surface area contributed by atoms with Crippen molar-refractivity contribution >= 4 is 50.1 Å². The average Bonchev–Trinajstić information content (AvgIpc) is 2.92. The zero-order valence-corrected chi connectivity index (χ0v) is 15.2. The molecule has 0 radical (unpaired) electrons. The quantitative estimate of drug-likeness (QED) is 0.142. The van der Waals surface area contributed by atoms with E-state index in [1.165, 1.54) is 18.6 Å². The Morgan fingerprint density at radius 2 is 2.25 bits per heavy atom. The van der Waals surface area contributed by atoms with Crippen molar-refractivity contribution in [2.24, 2.45) is 0 Å². The van der Waals surface area contributed by atoms with Crippen LogP contribution in [-0.2, 0) is 14.3 Å². The van der Waals surface area contributed by atoms with Gasteiger partial charge in [0.1, 0.15) is 6.61 Å². The maximum absolute atomic E-state index is 11.1. The number of aliphatic hydroxyl groups excluding tert-OH is 1. The number of hydrogen-bond acceptors (Lipinski definition) is 6. The van der Waals surface area contributed by atoms with E-state index < -0.39 is 12.3 Å². The standard InChI is InChI=1S/C13H21IO4S2/c1-10(14)13(16)18-8-7-17-12(15)5-3-2-4-11-6-9-19-20-11/h11-12,15H,1-9H2. The van der Waals surface area contributed by atoms with Crippen molar-refractivity contribution in [2.75, 3.05) is 19.0 Å². The van der Waals surface area contributed by atoms with Crippen molar-refractivity contribution in [3.05, 3.63) is 10.2 Å². The molecule has 0 aromatic rings. The molecule has 1 heterocycles. The summed E-state index contributed by atoms with van der Waals surface area (Å²) < 4.78 is 10.4. The molecule has 1 aliphatic rings. The topological polar surface area (TPSA) is 55.8 Å². The van der Waals surface area contributed by atoms with Crippen LogP contribution in [0.5, 0.6) is 0 Å². The molecule has 0 aromatic carbocycles. The van der Waals surface area contributed by atoms with Crippen LogP contribution >= 0.6 is 44.2 Å². The predicted octanol–water partition coefficient (Wildman–Crippen LogP) is 3.53. The molecule has 0 bridgehead atoms. The minimum Gasteiger partial charge on any atom is -0.459 e. The van der Waals surface area contributed by atoms with Gasteiger partial charge in [0.05, 0.1) is 10.2 Å². The highest BCUT2D eigenvalue weighted by atomic mass is 127. The van der Waals surface area contributed by atoms with E-state index in [9.17, 15) is 9.90 Å². The van der Waals surface area contributed by atoms with Gasteiger partial charge in [-0.25, -0.2) is 4.79 Å². The van der Waals surface area contributed by atoms with Gasteiger partial charge in [0.25, 0.3) is 0 Å². The van der Waals surface area contributed by atoms with Gasteiger partial charge in [-0.2, -0.15) is 0 Å². The normalized spacial score (nSPS) is 19.8. The molecule has 116 valence electrons. The van der Waals surface area contributed by atoms with Crippen molar-refractivity contribution in [3.8, 4) is 0 Å². The highest BCUT2D eigenvalue weighted by Gasteiger charge is 2.16. The molecule has 1 N–H and O–H groups in total. The molecule has 0 aliphatic carbocycles. The number of aliphatic hydroxyl groups is 1. The molecule has 0 spiro atoms. The summed E-state index contributed by atoms with van der Waals surface area (Å²) in [6.45, 7) is 3.83. The number of unbranched alkanes of at least 4 members (excludes halogenated alkanes) is 1. The molecule has 7 heteroatoms. The second-order valence-corrected chi connectivity index (χ2v) is 8.57. The minimum absolute atomic E-state index is 0.147. The molecule has 0 amide bonds. The first-order valence-electron chi connectivity index (χ1n) is 6.69. The molecule has 1 fully saturated rings. The van der Waals surface area contributed by atoms with Crippen molar-refractivity contribution in [2.45, 2.75) is 43.6 Å². The Hall–Kier alpha value is 0.560. The zero-order valence-electron chi connectivity index (χ0n) is 11.4. The minimum atomic E-state index is -0.762. The number of hydrogen-bond donors (Lipinski definition) is 1. The largest absolute Gasteiger partial charge is 0.459 e. The van der Waals surface area contributed by atoms with E-state index in [1.807, 2.05) is 44.2 Å². The molecule has 1 rings (SSSR count). The van der Waals surface area contributed by atoms with E-state index in [-0.39, 0.29) is 13.2 Å². The van der Waals surface area contributed by atoms with Gasteiger partial charge in [-0.3, -0.25) is 0 Å². The highest BCUT2D eigenvalue weighted by Crippen LogP contribution is 2.39. The van der Waals surface area contributed by atoms with Crippen LogP contribution in [-0.4, -0.2) is 41.6 Å². The number of ether oxygens (including phenoxy) is 2. The van der Waals surface area contributed by atoms with E-state index in [2.05, 4.69) is 6.58 Å². The van der Waals surface area contributed by atoms with Crippen LogP contribution in [0.3, 0.4) is 0 Å². The van der Waals surface area contributed by atoms with Gasteiger partial charge in [0.2, 0.25) is 0 Å². The third kappa shape index (κ3) is 8.76. The second-order valence-electron chi connectivity index (χ2n) is 4.48. The SMILES string of the molecule is C=C(I)C(=O)OCCOC(O)CCCCC1CCSS1. The third-order valence-corrected chi connectivity index (χ3v) is 6.25. The molecule has 20 heavy (non-hydrogen) atoms. The number of carbonyl (C=O) groups excluding carboxylic acids is 1. The molecule has 0 aromatic heterocycles. The van der Waals surface area contributed by atoms with Crippen LogP contribution < -0.4 is 0 Å². The maximum atomic E-state index is 11.1. The summed E-state index contributed by atoms with van der Waals surface area (Å²) in [5.41, 5.74) is 0. The van der Waals surface area contributed by atoms with Gasteiger partial charge in [0, 0.05) is 11.0 Å². The Bertz CT molecular complexity index is 309. The first-order chi connectivity index (χ1) is 9.59. The number of halogens is 1. The summed E-state index contributed by atoms with van der Waals surface area (Å²) in [5, 5.41) is 10.4. The van der Waals surface area contributed by atoms with Crippen molar-refractivity contribution in [3.63, 3.8) is 0 Å². The molecule has 4 nitrogen and oxygen atoms in total. The van der Waals surface area contributed by atoms with Gasteiger partial charge in [-0.05, 0) is 48.3 Å². The lowest BCUT2D eigenvalue weighted by molar-refractivity contribution is -0.146. The lowest BCUT2D eigenvalue weighted by Crippen LogP contribution is -2.17. The van der Waals surface area contributed by atoms with E-state index in [0.717, 1.165) is 18.1 Å². The number of rotatable bonds is 10.